The van der Waals surface area contributed by atoms with Gasteiger partial charge in [0.25, 0.3) is 0 Å². The zero-order valence-corrected chi connectivity index (χ0v) is 15.7. The number of hydrogen-bond acceptors (Lipinski definition) is 6. The molecule has 0 spiro atoms. The van der Waals surface area contributed by atoms with Crippen molar-refractivity contribution in [1.82, 2.24) is 15.3 Å². The van der Waals surface area contributed by atoms with Gasteiger partial charge in [-0.05, 0) is 43.4 Å². The summed E-state index contributed by atoms with van der Waals surface area (Å²) in [4.78, 5) is 34.4. The molecule has 2 heterocycles. The Hall–Kier alpha value is -3.47. The molecule has 0 atom stereocenters. The molecule has 0 radical (unpaired) electrons. The van der Waals surface area contributed by atoms with Crippen molar-refractivity contribution in [3.63, 3.8) is 0 Å². The van der Waals surface area contributed by atoms with Gasteiger partial charge in [0.05, 0.1) is 0 Å². The average molecular weight is 378 g/mol. The van der Waals surface area contributed by atoms with E-state index in [2.05, 4.69) is 26.7 Å². The van der Waals surface area contributed by atoms with Crippen LogP contribution in [0.2, 0.25) is 0 Å². The largest absolute Gasteiger partial charge is 0.354 e. The Balaban J connectivity index is 1.45. The Labute approximate surface area is 163 Å². The molecule has 0 bridgehead atoms. The van der Waals surface area contributed by atoms with Crippen molar-refractivity contribution >= 4 is 23.3 Å². The van der Waals surface area contributed by atoms with Crippen LogP contribution >= 0.6 is 0 Å². The van der Waals surface area contributed by atoms with Gasteiger partial charge in [0.15, 0.2) is 11.5 Å². The summed E-state index contributed by atoms with van der Waals surface area (Å²) in [6.07, 6.45) is 4.75. The highest BCUT2D eigenvalue weighted by Crippen LogP contribution is 2.22. The first kappa shape index (κ1) is 19.3. The number of carbonyl (C=O) groups is 2. The monoisotopic (exact) mass is 378 g/mol. The number of hydrogen-bond donors (Lipinski definition) is 2. The molecular formula is C20H22N6O2. The standard InChI is InChI=1S/C20H22N6O2/c1-14-3-2-4-16(11-14)25-20(28)19(27)24-13-15-5-9-26(10-6-15)18-17(12-21)22-7-8-23-18/h2-4,7-8,11,15H,5-6,9-10,13H2,1H3,(H,24,27)(H,25,28). The maximum Gasteiger partial charge on any atom is 0.313 e. The van der Waals surface area contributed by atoms with Crippen LogP contribution in [0, 0.1) is 24.2 Å². The van der Waals surface area contributed by atoms with E-state index < -0.39 is 11.8 Å². The van der Waals surface area contributed by atoms with Crippen LogP contribution in [0.25, 0.3) is 0 Å². The highest BCUT2D eigenvalue weighted by molar-refractivity contribution is 6.39. The molecule has 2 amide bonds. The second-order valence-corrected chi connectivity index (χ2v) is 6.80. The molecule has 8 nitrogen and oxygen atoms in total. The van der Waals surface area contributed by atoms with E-state index in [-0.39, 0.29) is 5.92 Å². The lowest BCUT2D eigenvalue weighted by molar-refractivity contribution is -0.136. The molecule has 0 aliphatic carbocycles. The van der Waals surface area contributed by atoms with Gasteiger partial charge in [-0.3, -0.25) is 9.59 Å². The molecule has 2 N–H and O–H groups in total. The van der Waals surface area contributed by atoms with Gasteiger partial charge in [0.2, 0.25) is 0 Å². The fourth-order valence-corrected chi connectivity index (χ4v) is 3.22. The van der Waals surface area contributed by atoms with Crippen LogP contribution in [0.3, 0.4) is 0 Å². The van der Waals surface area contributed by atoms with Gasteiger partial charge in [-0.1, -0.05) is 12.1 Å². The zero-order chi connectivity index (χ0) is 19.9. The minimum absolute atomic E-state index is 0.272. The van der Waals surface area contributed by atoms with Crippen LogP contribution in [0.5, 0.6) is 0 Å². The molecule has 3 rings (SSSR count). The third-order valence-electron chi connectivity index (χ3n) is 4.73. The van der Waals surface area contributed by atoms with Crippen molar-refractivity contribution in [3.05, 3.63) is 47.9 Å². The molecule has 1 fully saturated rings. The summed E-state index contributed by atoms with van der Waals surface area (Å²) < 4.78 is 0. The van der Waals surface area contributed by atoms with Crippen molar-refractivity contribution in [2.24, 2.45) is 5.92 Å². The van der Waals surface area contributed by atoms with Gasteiger partial charge in [-0.25, -0.2) is 9.97 Å². The molecule has 1 aliphatic rings. The van der Waals surface area contributed by atoms with Crippen molar-refractivity contribution < 1.29 is 9.59 Å². The number of nitrogens with zero attached hydrogens (tertiary/aromatic N) is 4. The topological polar surface area (TPSA) is 111 Å². The first-order valence-electron chi connectivity index (χ1n) is 9.18. The lowest BCUT2D eigenvalue weighted by atomic mass is 9.96. The SMILES string of the molecule is Cc1cccc(NC(=O)C(=O)NCC2CCN(c3nccnc3C#N)CC2)c1. The summed E-state index contributed by atoms with van der Waals surface area (Å²) in [6.45, 7) is 3.81. The van der Waals surface area contributed by atoms with E-state index in [1.165, 1.54) is 6.20 Å². The van der Waals surface area contributed by atoms with Crippen LogP contribution in [-0.2, 0) is 9.59 Å². The maximum atomic E-state index is 12.1. The summed E-state index contributed by atoms with van der Waals surface area (Å²) in [5.41, 5.74) is 1.93. The first-order valence-corrected chi connectivity index (χ1v) is 9.18. The van der Waals surface area contributed by atoms with Crippen LogP contribution in [-0.4, -0.2) is 41.4 Å². The second-order valence-electron chi connectivity index (χ2n) is 6.80. The van der Waals surface area contributed by atoms with E-state index in [4.69, 9.17) is 5.26 Å². The number of amides is 2. The fraction of sp³-hybridized carbons (Fsp3) is 0.350. The first-order chi connectivity index (χ1) is 13.6. The molecule has 1 saturated heterocycles. The smallest absolute Gasteiger partial charge is 0.313 e. The molecule has 2 aromatic rings. The normalized spacial score (nSPS) is 14.2. The van der Waals surface area contributed by atoms with Gasteiger partial charge in [0.1, 0.15) is 6.07 Å². The number of piperidine rings is 1. The van der Waals surface area contributed by atoms with Gasteiger partial charge in [-0.15, -0.1) is 0 Å². The highest BCUT2D eigenvalue weighted by Gasteiger charge is 2.23. The fourth-order valence-electron chi connectivity index (χ4n) is 3.22. The maximum absolute atomic E-state index is 12.1. The minimum atomic E-state index is -0.666. The molecule has 0 unspecified atom stereocenters. The van der Waals surface area contributed by atoms with Crippen LogP contribution in [0.1, 0.15) is 24.1 Å². The summed E-state index contributed by atoms with van der Waals surface area (Å²) in [5.74, 6) is -0.426. The highest BCUT2D eigenvalue weighted by atomic mass is 16.2. The lowest BCUT2D eigenvalue weighted by Crippen LogP contribution is -2.42. The quantitative estimate of drug-likeness (QED) is 0.782. The third-order valence-corrected chi connectivity index (χ3v) is 4.73. The van der Waals surface area contributed by atoms with Crippen LogP contribution in [0.4, 0.5) is 11.5 Å². The molecule has 8 heteroatoms. The van der Waals surface area contributed by atoms with Crippen molar-refractivity contribution in [2.45, 2.75) is 19.8 Å². The number of nitrogens with one attached hydrogen (secondary N) is 2. The molecule has 1 aliphatic heterocycles. The number of rotatable bonds is 4. The van der Waals surface area contributed by atoms with E-state index in [0.717, 1.165) is 31.5 Å². The van der Waals surface area contributed by atoms with Crippen LogP contribution < -0.4 is 15.5 Å². The summed E-state index contributed by atoms with van der Waals surface area (Å²) in [6, 6.07) is 9.36. The Bertz CT molecular complexity index is 900. The minimum Gasteiger partial charge on any atom is -0.354 e. The zero-order valence-electron chi connectivity index (χ0n) is 15.7. The molecule has 28 heavy (non-hydrogen) atoms. The Kier molecular flexibility index (Phi) is 6.17. The van der Waals surface area contributed by atoms with E-state index >= 15 is 0 Å². The van der Waals surface area contributed by atoms with Gasteiger partial charge < -0.3 is 15.5 Å². The van der Waals surface area contributed by atoms with Crippen LogP contribution in [0.15, 0.2) is 36.7 Å². The molecule has 1 aromatic heterocycles. The second kappa shape index (κ2) is 8.95. The number of aromatic nitrogens is 2. The van der Waals surface area contributed by atoms with Gasteiger partial charge in [0, 0.05) is 37.7 Å². The van der Waals surface area contributed by atoms with E-state index in [9.17, 15) is 9.59 Å². The van der Waals surface area contributed by atoms with Crippen molar-refractivity contribution in [3.8, 4) is 6.07 Å². The summed E-state index contributed by atoms with van der Waals surface area (Å²) in [7, 11) is 0. The predicted octanol–water partition coefficient (Wildman–Crippen LogP) is 1.63. The van der Waals surface area contributed by atoms with Gasteiger partial charge >= 0.3 is 11.8 Å². The van der Waals surface area contributed by atoms with E-state index in [0.29, 0.717) is 23.7 Å². The molecule has 144 valence electrons. The summed E-state index contributed by atoms with van der Waals surface area (Å²) >= 11 is 0. The number of anilines is 2. The number of carbonyl (C=O) groups excluding carboxylic acids is 2. The van der Waals surface area contributed by atoms with Gasteiger partial charge in [-0.2, -0.15) is 5.26 Å². The number of nitriles is 1. The number of aryl methyl sites for hydroxylation is 1. The third kappa shape index (κ3) is 4.82. The lowest BCUT2D eigenvalue weighted by Gasteiger charge is -2.32. The molecule has 1 aromatic carbocycles. The molecular weight excluding hydrogens is 356 g/mol. The average Bonchev–Trinajstić information content (AvgIpc) is 2.72. The Morgan fingerprint density at radius 1 is 1.21 bits per heavy atom. The van der Waals surface area contributed by atoms with Crippen molar-refractivity contribution in [1.29, 1.82) is 5.26 Å². The van der Waals surface area contributed by atoms with E-state index in [1.54, 1.807) is 12.3 Å². The predicted molar refractivity (Wildman–Crippen MR) is 105 cm³/mol. The number of benzene rings is 1. The summed E-state index contributed by atoms with van der Waals surface area (Å²) in [5, 5.41) is 14.5. The Morgan fingerprint density at radius 2 is 1.96 bits per heavy atom. The van der Waals surface area contributed by atoms with Crippen molar-refractivity contribution in [2.75, 3.05) is 29.9 Å². The Morgan fingerprint density at radius 3 is 2.68 bits per heavy atom. The van der Waals surface area contributed by atoms with E-state index in [1.807, 2.05) is 30.0 Å². The molecule has 0 saturated carbocycles.